The zero-order valence-corrected chi connectivity index (χ0v) is 12.6. The van der Waals surface area contributed by atoms with Crippen molar-refractivity contribution in [2.75, 3.05) is 32.1 Å². The van der Waals surface area contributed by atoms with Crippen molar-refractivity contribution >= 4 is 11.6 Å². The fraction of sp³-hybridized carbons (Fsp3) is 0.562. The molecule has 0 spiro atoms. The lowest BCUT2D eigenvalue weighted by molar-refractivity contribution is -0.117. The Morgan fingerprint density at radius 2 is 2.05 bits per heavy atom. The lowest BCUT2D eigenvalue weighted by Crippen LogP contribution is -2.42. The Morgan fingerprint density at radius 3 is 2.70 bits per heavy atom. The largest absolute Gasteiger partial charge is 0.497 e. The fourth-order valence-corrected chi connectivity index (χ4v) is 3.03. The van der Waals surface area contributed by atoms with E-state index in [2.05, 4.69) is 24.1 Å². The van der Waals surface area contributed by atoms with Crippen LogP contribution in [0, 0.1) is 11.8 Å². The molecule has 2 atom stereocenters. The van der Waals surface area contributed by atoms with Crippen LogP contribution in [0.1, 0.15) is 20.3 Å². The van der Waals surface area contributed by atoms with Crippen LogP contribution in [0.25, 0.3) is 0 Å². The van der Waals surface area contributed by atoms with Crippen molar-refractivity contribution in [1.82, 2.24) is 4.90 Å². The number of likely N-dealkylation sites (tertiary alicyclic amines) is 1. The second kappa shape index (κ2) is 6.75. The normalized spacial score (nSPS) is 23.4. The van der Waals surface area contributed by atoms with Crippen molar-refractivity contribution in [3.63, 3.8) is 0 Å². The van der Waals surface area contributed by atoms with Crippen molar-refractivity contribution in [2.24, 2.45) is 11.8 Å². The second-order valence-corrected chi connectivity index (χ2v) is 5.92. The number of nitrogens with one attached hydrogen (secondary N) is 1. The fourth-order valence-electron chi connectivity index (χ4n) is 3.03. The first kappa shape index (κ1) is 14.9. The first-order valence-corrected chi connectivity index (χ1v) is 7.23. The highest BCUT2D eigenvalue weighted by atomic mass is 16.5. The van der Waals surface area contributed by atoms with Crippen LogP contribution < -0.4 is 10.1 Å². The van der Waals surface area contributed by atoms with E-state index < -0.39 is 0 Å². The molecule has 110 valence electrons. The van der Waals surface area contributed by atoms with Gasteiger partial charge in [0.2, 0.25) is 5.91 Å². The Labute approximate surface area is 121 Å². The SMILES string of the molecule is COc1cccc(NC(=O)CN2C[C@H](C)C[C@H](C)C2)c1. The number of amides is 1. The molecule has 0 aliphatic carbocycles. The van der Waals surface area contributed by atoms with E-state index in [9.17, 15) is 4.79 Å². The van der Waals surface area contributed by atoms with E-state index in [-0.39, 0.29) is 5.91 Å². The molecule has 0 radical (unpaired) electrons. The molecule has 1 fully saturated rings. The van der Waals surface area contributed by atoms with E-state index in [0.717, 1.165) is 24.5 Å². The monoisotopic (exact) mass is 276 g/mol. The van der Waals surface area contributed by atoms with Gasteiger partial charge in [0, 0.05) is 24.8 Å². The van der Waals surface area contributed by atoms with E-state index >= 15 is 0 Å². The highest BCUT2D eigenvalue weighted by Crippen LogP contribution is 2.21. The minimum absolute atomic E-state index is 0.0413. The zero-order valence-electron chi connectivity index (χ0n) is 12.6. The molecule has 2 rings (SSSR count). The maximum absolute atomic E-state index is 12.1. The van der Waals surface area contributed by atoms with Crippen LogP contribution in [-0.2, 0) is 4.79 Å². The van der Waals surface area contributed by atoms with Crippen LogP contribution in [0.15, 0.2) is 24.3 Å². The molecule has 4 nitrogen and oxygen atoms in total. The molecular weight excluding hydrogens is 252 g/mol. The maximum Gasteiger partial charge on any atom is 0.238 e. The molecule has 1 aliphatic rings. The number of hydrogen-bond donors (Lipinski definition) is 1. The third-order valence-electron chi connectivity index (χ3n) is 3.67. The van der Waals surface area contributed by atoms with Crippen LogP contribution in [0.5, 0.6) is 5.75 Å². The van der Waals surface area contributed by atoms with E-state index in [1.165, 1.54) is 6.42 Å². The summed E-state index contributed by atoms with van der Waals surface area (Å²) >= 11 is 0. The number of benzene rings is 1. The highest BCUT2D eigenvalue weighted by molar-refractivity contribution is 5.92. The zero-order chi connectivity index (χ0) is 14.5. The van der Waals surface area contributed by atoms with Gasteiger partial charge >= 0.3 is 0 Å². The van der Waals surface area contributed by atoms with Crippen molar-refractivity contribution in [3.05, 3.63) is 24.3 Å². The molecule has 0 aromatic heterocycles. The average molecular weight is 276 g/mol. The number of ether oxygens (including phenoxy) is 1. The van der Waals surface area contributed by atoms with Crippen molar-refractivity contribution < 1.29 is 9.53 Å². The Balaban J connectivity index is 1.88. The summed E-state index contributed by atoms with van der Waals surface area (Å²) in [6, 6.07) is 7.45. The number of rotatable bonds is 4. The lowest BCUT2D eigenvalue weighted by atomic mass is 9.92. The second-order valence-electron chi connectivity index (χ2n) is 5.92. The average Bonchev–Trinajstić information content (AvgIpc) is 2.37. The molecule has 1 heterocycles. The molecule has 4 heteroatoms. The van der Waals surface area contributed by atoms with Crippen molar-refractivity contribution in [1.29, 1.82) is 0 Å². The van der Waals surface area contributed by atoms with Gasteiger partial charge in [0.05, 0.1) is 13.7 Å². The smallest absolute Gasteiger partial charge is 0.238 e. The Hall–Kier alpha value is -1.55. The molecule has 1 aromatic rings. The maximum atomic E-state index is 12.1. The van der Waals surface area contributed by atoms with Gasteiger partial charge < -0.3 is 10.1 Å². The standard InChI is InChI=1S/C16H24N2O2/c1-12-7-13(2)10-18(9-12)11-16(19)17-14-5-4-6-15(8-14)20-3/h4-6,8,12-13H,7,9-11H2,1-3H3,(H,17,19)/t12-,13+. The van der Waals surface area contributed by atoms with Crippen LogP contribution in [0.3, 0.4) is 0 Å². The number of anilines is 1. The van der Waals surface area contributed by atoms with Crippen LogP contribution in [-0.4, -0.2) is 37.6 Å². The summed E-state index contributed by atoms with van der Waals surface area (Å²) in [5, 5.41) is 2.93. The van der Waals surface area contributed by atoms with E-state index in [0.29, 0.717) is 18.4 Å². The van der Waals surface area contributed by atoms with Gasteiger partial charge in [0.25, 0.3) is 0 Å². The van der Waals surface area contributed by atoms with Crippen LogP contribution in [0.2, 0.25) is 0 Å². The van der Waals surface area contributed by atoms with Crippen LogP contribution >= 0.6 is 0 Å². The predicted octanol–water partition coefficient (Wildman–Crippen LogP) is 2.61. The lowest BCUT2D eigenvalue weighted by Gasteiger charge is -2.34. The van der Waals surface area contributed by atoms with Gasteiger partial charge in [-0.15, -0.1) is 0 Å². The van der Waals surface area contributed by atoms with Gasteiger partial charge in [-0.05, 0) is 30.4 Å². The summed E-state index contributed by atoms with van der Waals surface area (Å²) in [6.45, 7) is 6.99. The van der Waals surface area contributed by atoms with Crippen LogP contribution in [0.4, 0.5) is 5.69 Å². The minimum atomic E-state index is 0.0413. The summed E-state index contributed by atoms with van der Waals surface area (Å²) in [5.74, 6) is 2.13. The van der Waals surface area contributed by atoms with E-state index in [1.54, 1.807) is 7.11 Å². The Kier molecular flexibility index (Phi) is 5.01. The summed E-state index contributed by atoms with van der Waals surface area (Å²) in [7, 11) is 1.62. The summed E-state index contributed by atoms with van der Waals surface area (Å²) in [4.78, 5) is 14.3. The topological polar surface area (TPSA) is 41.6 Å². The number of hydrogen-bond acceptors (Lipinski definition) is 3. The Bertz CT molecular complexity index is 452. The molecule has 20 heavy (non-hydrogen) atoms. The van der Waals surface area contributed by atoms with Gasteiger partial charge in [-0.3, -0.25) is 9.69 Å². The molecule has 1 aliphatic heterocycles. The minimum Gasteiger partial charge on any atom is -0.497 e. The molecule has 1 amide bonds. The van der Waals surface area contributed by atoms with Gasteiger partial charge in [0.15, 0.2) is 0 Å². The Morgan fingerprint density at radius 1 is 1.35 bits per heavy atom. The molecule has 0 bridgehead atoms. The van der Waals surface area contributed by atoms with Gasteiger partial charge in [0.1, 0.15) is 5.75 Å². The van der Waals surface area contributed by atoms with Gasteiger partial charge in [-0.25, -0.2) is 0 Å². The molecule has 0 saturated carbocycles. The number of methoxy groups -OCH3 is 1. The van der Waals surface area contributed by atoms with E-state index in [1.807, 2.05) is 24.3 Å². The van der Waals surface area contributed by atoms with Crippen molar-refractivity contribution in [2.45, 2.75) is 20.3 Å². The third kappa shape index (κ3) is 4.23. The summed E-state index contributed by atoms with van der Waals surface area (Å²) in [5.41, 5.74) is 0.785. The molecular formula is C16H24N2O2. The summed E-state index contributed by atoms with van der Waals surface area (Å²) < 4.78 is 5.15. The van der Waals surface area contributed by atoms with E-state index in [4.69, 9.17) is 4.74 Å². The third-order valence-corrected chi connectivity index (χ3v) is 3.67. The quantitative estimate of drug-likeness (QED) is 0.919. The number of piperidine rings is 1. The predicted molar refractivity (Wildman–Crippen MR) is 81.0 cm³/mol. The molecule has 1 aromatic carbocycles. The number of carbonyl (C=O) groups excluding carboxylic acids is 1. The first-order chi connectivity index (χ1) is 9.56. The van der Waals surface area contributed by atoms with Gasteiger partial charge in [-0.2, -0.15) is 0 Å². The van der Waals surface area contributed by atoms with Crippen molar-refractivity contribution in [3.8, 4) is 5.75 Å². The molecule has 1 N–H and O–H groups in total. The summed E-state index contributed by atoms with van der Waals surface area (Å²) in [6.07, 6.45) is 1.26. The molecule has 0 unspecified atom stereocenters. The van der Waals surface area contributed by atoms with Gasteiger partial charge in [-0.1, -0.05) is 19.9 Å². The number of nitrogens with zero attached hydrogens (tertiary/aromatic N) is 1. The first-order valence-electron chi connectivity index (χ1n) is 7.23. The number of carbonyl (C=O) groups is 1. The molecule has 1 saturated heterocycles. The highest BCUT2D eigenvalue weighted by Gasteiger charge is 2.23.